The zero-order chi connectivity index (χ0) is 18.8. The van der Waals surface area contributed by atoms with Crippen molar-refractivity contribution in [2.75, 3.05) is 27.2 Å². The van der Waals surface area contributed by atoms with Crippen LogP contribution in [0.15, 0.2) is 36.1 Å². The van der Waals surface area contributed by atoms with Gasteiger partial charge in [0.05, 0.1) is 50.7 Å². The van der Waals surface area contributed by atoms with Crippen LogP contribution in [-0.4, -0.2) is 48.8 Å². The summed E-state index contributed by atoms with van der Waals surface area (Å²) >= 11 is 0. The number of carbonyl (C=O) groups excluding carboxylic acids is 1. The first-order valence-corrected chi connectivity index (χ1v) is 9.89. The van der Waals surface area contributed by atoms with E-state index in [1.54, 1.807) is 6.26 Å². The van der Waals surface area contributed by atoms with Gasteiger partial charge in [0, 0.05) is 29.7 Å². The Morgan fingerprint density at radius 1 is 1.32 bits per heavy atom. The number of quaternary nitrogens is 1. The number of aromatic amines is 1. The SMILES string of the molecule is COC(=O)C1=CO[C@@H](C)[C@H]2C[N+]3(C)CCc4c([nH]c5ccccc45)[C@@H]3C[C@H]12.[I-]. The first kappa shape index (κ1) is 19.8. The Hall–Kier alpha value is -1.54. The number of fused-ring (bicyclic) bond motifs is 6. The van der Waals surface area contributed by atoms with E-state index < -0.39 is 0 Å². The fourth-order valence-electron chi connectivity index (χ4n) is 5.74. The molecule has 1 fully saturated rings. The van der Waals surface area contributed by atoms with Crippen LogP contribution in [0.2, 0.25) is 0 Å². The first-order chi connectivity index (χ1) is 13.0. The molecule has 5 nitrogen and oxygen atoms in total. The Morgan fingerprint density at radius 3 is 2.89 bits per heavy atom. The predicted octanol–water partition coefficient (Wildman–Crippen LogP) is 0.327. The Morgan fingerprint density at radius 2 is 2.11 bits per heavy atom. The second-order valence-electron chi connectivity index (χ2n) is 8.63. The molecule has 0 aliphatic carbocycles. The van der Waals surface area contributed by atoms with Gasteiger partial charge in [0.15, 0.2) is 0 Å². The van der Waals surface area contributed by atoms with E-state index in [0.717, 1.165) is 30.4 Å². The highest BCUT2D eigenvalue weighted by molar-refractivity contribution is 5.89. The summed E-state index contributed by atoms with van der Waals surface area (Å²) in [6.07, 6.45) is 3.83. The van der Waals surface area contributed by atoms with Crippen LogP contribution < -0.4 is 24.0 Å². The van der Waals surface area contributed by atoms with Crippen molar-refractivity contribution in [3.05, 3.63) is 47.4 Å². The summed E-state index contributed by atoms with van der Waals surface area (Å²) in [5, 5.41) is 1.35. The van der Waals surface area contributed by atoms with Crippen LogP contribution in [0.4, 0.5) is 0 Å². The molecule has 0 radical (unpaired) electrons. The number of rotatable bonds is 1. The third kappa shape index (κ3) is 2.79. The van der Waals surface area contributed by atoms with Crippen LogP contribution in [0.25, 0.3) is 10.9 Å². The quantitative estimate of drug-likeness (QED) is 0.353. The number of nitrogens with one attached hydrogen (secondary N) is 1. The summed E-state index contributed by atoms with van der Waals surface area (Å²) in [5.74, 6) is 0.284. The number of nitrogens with zero attached hydrogens (tertiary/aromatic N) is 1. The summed E-state index contributed by atoms with van der Waals surface area (Å²) in [6.45, 7) is 4.29. The second-order valence-corrected chi connectivity index (χ2v) is 8.63. The van der Waals surface area contributed by atoms with Crippen molar-refractivity contribution in [2.24, 2.45) is 11.8 Å². The summed E-state index contributed by atoms with van der Waals surface area (Å²) in [6, 6.07) is 8.98. The topological polar surface area (TPSA) is 51.3 Å². The van der Waals surface area contributed by atoms with Crippen LogP contribution >= 0.6 is 0 Å². The normalized spacial score (nSPS) is 33.5. The molecule has 3 aliphatic heterocycles. The number of piperidine rings is 1. The smallest absolute Gasteiger partial charge is 0.337 e. The number of hydrogen-bond donors (Lipinski definition) is 1. The molecule has 1 aromatic carbocycles. The molecule has 6 heteroatoms. The summed E-state index contributed by atoms with van der Waals surface area (Å²) in [7, 11) is 3.83. The van der Waals surface area contributed by atoms with Crippen LogP contribution in [0.1, 0.15) is 30.6 Å². The molecule has 4 heterocycles. The highest BCUT2D eigenvalue weighted by Crippen LogP contribution is 2.50. The van der Waals surface area contributed by atoms with Crippen molar-refractivity contribution >= 4 is 16.9 Å². The van der Waals surface area contributed by atoms with Crippen LogP contribution in [0, 0.1) is 11.8 Å². The monoisotopic (exact) mass is 494 g/mol. The highest BCUT2D eigenvalue weighted by atomic mass is 127. The maximum absolute atomic E-state index is 12.4. The molecular weight excluding hydrogens is 467 g/mol. The molecule has 1 aromatic heterocycles. The van der Waals surface area contributed by atoms with Gasteiger partial charge < -0.3 is 42.9 Å². The molecule has 0 saturated carbocycles. The van der Waals surface area contributed by atoms with Crippen LogP contribution in [-0.2, 0) is 20.7 Å². The van der Waals surface area contributed by atoms with Gasteiger partial charge in [-0.2, -0.15) is 0 Å². The minimum Gasteiger partial charge on any atom is -1.00 e. The number of H-pyrrole nitrogens is 1. The minimum atomic E-state index is -0.249. The standard InChI is InChI=1S/C22H27N2O3.HI/c1-13-17-11-24(2)9-8-15-14-6-4-5-7-19(14)23-21(15)20(24)10-16(17)18(12-27-13)22(25)26-3;/h4-7,12-13,16-17,20,23H,8-11H2,1-3H3;1H/q+1;/p-1/t13-,16-,17+,20-,24?;/m0./s1. The molecule has 0 amide bonds. The van der Waals surface area contributed by atoms with E-state index in [4.69, 9.17) is 9.47 Å². The Bertz CT molecular complexity index is 952. The molecule has 28 heavy (non-hydrogen) atoms. The maximum Gasteiger partial charge on any atom is 0.337 e. The molecule has 5 rings (SSSR count). The molecule has 0 bridgehead atoms. The van der Waals surface area contributed by atoms with Crippen molar-refractivity contribution in [1.82, 2.24) is 4.98 Å². The van der Waals surface area contributed by atoms with Gasteiger partial charge in [0.2, 0.25) is 0 Å². The largest absolute Gasteiger partial charge is 1.00 e. The first-order valence-electron chi connectivity index (χ1n) is 9.89. The number of para-hydroxylation sites is 1. The van der Waals surface area contributed by atoms with E-state index in [0.29, 0.717) is 17.5 Å². The lowest BCUT2D eigenvalue weighted by Gasteiger charge is -2.54. The Kier molecular flexibility index (Phi) is 4.98. The molecule has 5 atom stereocenters. The fraction of sp³-hybridized carbons (Fsp3) is 0.500. The number of hydrogen-bond acceptors (Lipinski definition) is 3. The minimum absolute atomic E-state index is 0. The second kappa shape index (κ2) is 7.06. The lowest BCUT2D eigenvalue weighted by Crippen LogP contribution is -3.00. The lowest BCUT2D eigenvalue weighted by atomic mass is 9.71. The Labute approximate surface area is 182 Å². The van der Waals surface area contributed by atoms with Gasteiger partial charge in [-0.05, 0) is 18.6 Å². The molecular formula is C22H27IN2O3. The van der Waals surface area contributed by atoms with Gasteiger partial charge in [-0.1, -0.05) is 18.2 Å². The maximum atomic E-state index is 12.4. The number of carbonyl (C=O) groups is 1. The van der Waals surface area contributed by atoms with E-state index >= 15 is 0 Å². The number of likely N-dealkylation sites (N-methyl/N-ethyl adjacent to an activating group) is 1. The van der Waals surface area contributed by atoms with E-state index in [2.05, 4.69) is 43.2 Å². The molecule has 150 valence electrons. The van der Waals surface area contributed by atoms with Gasteiger partial charge in [0.1, 0.15) is 12.1 Å². The van der Waals surface area contributed by atoms with E-state index in [1.807, 2.05) is 0 Å². The third-order valence-electron chi connectivity index (χ3n) is 7.26. The van der Waals surface area contributed by atoms with E-state index in [-0.39, 0.29) is 42.0 Å². The van der Waals surface area contributed by atoms with E-state index in [1.165, 1.54) is 29.3 Å². The average molecular weight is 494 g/mol. The number of ether oxygens (including phenoxy) is 2. The van der Waals surface area contributed by atoms with Crippen molar-refractivity contribution in [1.29, 1.82) is 0 Å². The number of benzene rings is 1. The summed E-state index contributed by atoms with van der Waals surface area (Å²) in [5.41, 5.74) is 4.76. The van der Waals surface area contributed by atoms with Gasteiger partial charge in [-0.3, -0.25) is 0 Å². The van der Waals surface area contributed by atoms with Gasteiger partial charge >= 0.3 is 5.97 Å². The van der Waals surface area contributed by atoms with Gasteiger partial charge in [-0.15, -0.1) is 0 Å². The van der Waals surface area contributed by atoms with Crippen molar-refractivity contribution in [2.45, 2.75) is 31.9 Å². The van der Waals surface area contributed by atoms with Crippen LogP contribution in [0.3, 0.4) is 0 Å². The number of esters is 1. The molecule has 1 unspecified atom stereocenters. The van der Waals surface area contributed by atoms with Crippen molar-refractivity contribution < 1.29 is 42.7 Å². The molecule has 3 aliphatic rings. The zero-order valence-corrected chi connectivity index (χ0v) is 18.7. The third-order valence-corrected chi connectivity index (χ3v) is 7.26. The van der Waals surface area contributed by atoms with Crippen molar-refractivity contribution in [3.63, 3.8) is 0 Å². The number of aromatic nitrogens is 1. The van der Waals surface area contributed by atoms with Crippen molar-refractivity contribution in [3.8, 4) is 0 Å². The number of methoxy groups -OCH3 is 1. The van der Waals surface area contributed by atoms with Gasteiger partial charge in [-0.25, -0.2) is 4.79 Å². The van der Waals surface area contributed by atoms with Gasteiger partial charge in [0.25, 0.3) is 0 Å². The predicted molar refractivity (Wildman–Crippen MR) is 103 cm³/mol. The van der Waals surface area contributed by atoms with Crippen LogP contribution in [0.5, 0.6) is 0 Å². The van der Waals surface area contributed by atoms with E-state index in [9.17, 15) is 4.79 Å². The number of halogens is 1. The molecule has 0 spiro atoms. The Balaban J connectivity index is 0.00000192. The lowest BCUT2D eigenvalue weighted by molar-refractivity contribution is -0.951. The average Bonchev–Trinajstić information content (AvgIpc) is 3.05. The highest BCUT2D eigenvalue weighted by Gasteiger charge is 2.53. The summed E-state index contributed by atoms with van der Waals surface area (Å²) < 4.78 is 11.9. The summed E-state index contributed by atoms with van der Waals surface area (Å²) in [4.78, 5) is 16.1. The molecule has 1 N–H and O–H groups in total. The molecule has 1 saturated heterocycles. The zero-order valence-electron chi connectivity index (χ0n) is 16.6. The molecule has 2 aromatic rings. The fourth-order valence-corrected chi connectivity index (χ4v) is 5.74.